The van der Waals surface area contributed by atoms with E-state index in [4.69, 9.17) is 10.5 Å². The van der Waals surface area contributed by atoms with Crippen molar-refractivity contribution in [1.29, 1.82) is 0 Å². The highest BCUT2D eigenvalue weighted by Crippen LogP contribution is 2.26. The lowest BCUT2D eigenvalue weighted by Crippen LogP contribution is -2.12. The van der Waals surface area contributed by atoms with Crippen molar-refractivity contribution in [2.75, 3.05) is 0 Å². The Kier molecular flexibility index (Phi) is 1.14. The minimum absolute atomic E-state index is 0.377. The summed E-state index contributed by atoms with van der Waals surface area (Å²) in [6.07, 6.45) is 0.355. The van der Waals surface area contributed by atoms with Crippen LogP contribution in [0.5, 0.6) is 5.75 Å². The molecule has 0 bridgehead atoms. The van der Waals surface area contributed by atoms with Crippen molar-refractivity contribution in [3.8, 4) is 5.75 Å². The van der Waals surface area contributed by atoms with Gasteiger partial charge in [0.1, 0.15) is 5.75 Å². The molecule has 1 aliphatic rings. The van der Waals surface area contributed by atoms with Gasteiger partial charge in [0, 0.05) is 6.42 Å². The van der Waals surface area contributed by atoms with Gasteiger partial charge in [0.2, 0.25) is 0 Å². The summed E-state index contributed by atoms with van der Waals surface area (Å²) in [5, 5.41) is 0. The van der Waals surface area contributed by atoms with Crippen LogP contribution in [-0.2, 0) is 6.42 Å². The number of benzene rings is 1. The molecule has 1 heterocycles. The Hall–Kier alpha value is -1.02. The molecule has 0 saturated carbocycles. The molecule has 0 saturated heterocycles. The Morgan fingerprint density at radius 1 is 1.40 bits per heavy atom. The van der Waals surface area contributed by atoms with Crippen molar-refractivity contribution < 1.29 is 4.74 Å². The Bertz CT molecular complexity index is 222. The second-order valence-corrected chi connectivity index (χ2v) is 2.42. The van der Waals surface area contributed by atoms with Gasteiger partial charge in [0.15, 0.2) is 6.23 Å². The molecule has 2 heteroatoms. The number of fused-ring (bicyclic) bond motifs is 1. The van der Waals surface area contributed by atoms with Gasteiger partial charge >= 0.3 is 0 Å². The fraction of sp³-hybridized carbons (Fsp3) is 0.250. The van der Waals surface area contributed by atoms with Crippen molar-refractivity contribution >= 4 is 0 Å². The standard InChI is InChI=1S/C8H8NO/c9-8-5-6-3-1-2-4-7(6)10-8/h1-4,8-9H,5H2. The molecule has 2 rings (SSSR count). The first-order valence-corrected chi connectivity index (χ1v) is 3.32. The third kappa shape index (κ3) is 0.772. The molecule has 10 heavy (non-hydrogen) atoms. The zero-order chi connectivity index (χ0) is 6.97. The van der Waals surface area contributed by atoms with Crippen molar-refractivity contribution in [2.24, 2.45) is 0 Å². The average Bonchev–Trinajstić information content (AvgIpc) is 2.27. The lowest BCUT2D eigenvalue weighted by Gasteiger charge is -1.99. The molecule has 1 aromatic carbocycles. The van der Waals surface area contributed by atoms with Crippen LogP contribution >= 0.6 is 0 Å². The summed E-state index contributed by atoms with van der Waals surface area (Å²) in [6.45, 7) is 0. The van der Waals surface area contributed by atoms with E-state index in [-0.39, 0.29) is 6.23 Å². The third-order valence-electron chi connectivity index (χ3n) is 1.65. The molecule has 1 atom stereocenters. The number of ether oxygens (including phenoxy) is 1. The molecule has 1 N–H and O–H groups in total. The lowest BCUT2D eigenvalue weighted by molar-refractivity contribution is 0.233. The highest BCUT2D eigenvalue weighted by molar-refractivity contribution is 5.36. The van der Waals surface area contributed by atoms with Crippen LogP contribution in [-0.4, -0.2) is 6.23 Å². The summed E-state index contributed by atoms with van der Waals surface area (Å²) >= 11 is 0. The highest BCUT2D eigenvalue weighted by atomic mass is 16.5. The molecule has 51 valence electrons. The van der Waals surface area contributed by atoms with Crippen LogP contribution in [0.1, 0.15) is 5.56 Å². The fourth-order valence-electron chi connectivity index (χ4n) is 1.18. The molecule has 1 aliphatic heterocycles. The van der Waals surface area contributed by atoms with E-state index in [0.717, 1.165) is 17.7 Å². The molecule has 0 aliphatic carbocycles. The first-order chi connectivity index (χ1) is 4.86. The Morgan fingerprint density at radius 2 is 2.20 bits per heavy atom. The number of rotatable bonds is 0. The fourth-order valence-corrected chi connectivity index (χ4v) is 1.18. The molecule has 0 amide bonds. The van der Waals surface area contributed by atoms with E-state index in [1.807, 2.05) is 24.3 Å². The van der Waals surface area contributed by atoms with Gasteiger partial charge in [-0.2, -0.15) is 0 Å². The van der Waals surface area contributed by atoms with Crippen LogP contribution in [0, 0.1) is 0 Å². The monoisotopic (exact) mass is 134 g/mol. The number of nitrogens with one attached hydrogen (secondary N) is 1. The molecule has 0 spiro atoms. The summed E-state index contributed by atoms with van der Waals surface area (Å²) in [7, 11) is 0. The summed E-state index contributed by atoms with van der Waals surface area (Å²) < 4.78 is 5.17. The Balaban J connectivity index is 2.42. The second-order valence-electron chi connectivity index (χ2n) is 2.42. The summed E-state index contributed by atoms with van der Waals surface area (Å²) in [6, 6.07) is 7.81. The van der Waals surface area contributed by atoms with E-state index < -0.39 is 0 Å². The van der Waals surface area contributed by atoms with Crippen LogP contribution in [0.4, 0.5) is 0 Å². The zero-order valence-corrected chi connectivity index (χ0v) is 5.50. The Labute approximate surface area is 59.6 Å². The van der Waals surface area contributed by atoms with E-state index in [1.54, 1.807) is 0 Å². The second kappa shape index (κ2) is 1.99. The molecule has 1 unspecified atom stereocenters. The van der Waals surface area contributed by atoms with Crippen LogP contribution < -0.4 is 10.5 Å². The first kappa shape index (κ1) is 5.74. The quantitative estimate of drug-likeness (QED) is 0.525. The van der Waals surface area contributed by atoms with Gasteiger partial charge in [0.05, 0.1) is 0 Å². The number of para-hydroxylation sites is 1. The van der Waals surface area contributed by atoms with Crippen LogP contribution in [0.3, 0.4) is 0 Å². The molecule has 2 nitrogen and oxygen atoms in total. The average molecular weight is 134 g/mol. The molecule has 0 aromatic heterocycles. The summed E-state index contributed by atoms with van der Waals surface area (Å²) in [5.74, 6) is 0.877. The number of hydrogen-bond acceptors (Lipinski definition) is 1. The van der Waals surface area contributed by atoms with Crippen LogP contribution in [0.2, 0.25) is 0 Å². The largest absolute Gasteiger partial charge is 0.473 e. The van der Waals surface area contributed by atoms with Gasteiger partial charge in [-0.3, -0.25) is 0 Å². The van der Waals surface area contributed by atoms with Gasteiger partial charge < -0.3 is 4.74 Å². The maximum Gasteiger partial charge on any atom is 0.166 e. The molecule has 0 fully saturated rings. The minimum Gasteiger partial charge on any atom is -0.473 e. The van der Waals surface area contributed by atoms with Crippen molar-refractivity contribution in [3.05, 3.63) is 29.8 Å². The van der Waals surface area contributed by atoms with E-state index in [0.29, 0.717) is 0 Å². The van der Waals surface area contributed by atoms with Gasteiger partial charge in [0.25, 0.3) is 0 Å². The van der Waals surface area contributed by atoms with Crippen molar-refractivity contribution in [2.45, 2.75) is 12.6 Å². The summed E-state index contributed by atoms with van der Waals surface area (Å²) in [4.78, 5) is 0. The van der Waals surface area contributed by atoms with Gasteiger partial charge in [-0.15, -0.1) is 0 Å². The third-order valence-corrected chi connectivity index (χ3v) is 1.65. The predicted molar refractivity (Wildman–Crippen MR) is 37.7 cm³/mol. The molecular formula is C8H8NO. The molecular weight excluding hydrogens is 126 g/mol. The van der Waals surface area contributed by atoms with Crippen LogP contribution in [0.25, 0.3) is 0 Å². The summed E-state index contributed by atoms with van der Waals surface area (Å²) in [5.41, 5.74) is 8.45. The van der Waals surface area contributed by atoms with E-state index in [1.165, 1.54) is 0 Å². The lowest BCUT2D eigenvalue weighted by atomic mass is 10.2. The Morgan fingerprint density at radius 3 is 3.00 bits per heavy atom. The topological polar surface area (TPSA) is 33.0 Å². The maximum atomic E-state index is 7.30. The minimum atomic E-state index is -0.377. The zero-order valence-electron chi connectivity index (χ0n) is 5.50. The maximum absolute atomic E-state index is 7.30. The van der Waals surface area contributed by atoms with Crippen LogP contribution in [0.15, 0.2) is 24.3 Å². The van der Waals surface area contributed by atoms with Gasteiger partial charge in [-0.1, -0.05) is 18.2 Å². The van der Waals surface area contributed by atoms with E-state index >= 15 is 0 Å². The molecule has 1 aromatic rings. The SMILES string of the molecule is [NH]C1Cc2ccccc2O1. The normalized spacial score (nSPS) is 21.9. The van der Waals surface area contributed by atoms with E-state index in [9.17, 15) is 0 Å². The van der Waals surface area contributed by atoms with Gasteiger partial charge in [-0.25, -0.2) is 5.73 Å². The number of hydrogen-bond donors (Lipinski definition) is 0. The molecule has 1 radical (unpaired) electrons. The van der Waals surface area contributed by atoms with Crippen molar-refractivity contribution in [1.82, 2.24) is 5.73 Å². The first-order valence-electron chi connectivity index (χ1n) is 3.32. The highest BCUT2D eigenvalue weighted by Gasteiger charge is 2.17. The predicted octanol–water partition coefficient (Wildman–Crippen LogP) is 1.23. The van der Waals surface area contributed by atoms with E-state index in [2.05, 4.69) is 0 Å². The van der Waals surface area contributed by atoms with Crippen molar-refractivity contribution in [3.63, 3.8) is 0 Å². The smallest absolute Gasteiger partial charge is 0.166 e. The van der Waals surface area contributed by atoms with Gasteiger partial charge in [-0.05, 0) is 11.6 Å².